The highest BCUT2D eigenvalue weighted by atomic mass is 127. The van der Waals surface area contributed by atoms with Gasteiger partial charge in [-0.3, -0.25) is 0 Å². The lowest BCUT2D eigenvalue weighted by atomic mass is 10.0. The van der Waals surface area contributed by atoms with Gasteiger partial charge in [-0.2, -0.15) is 0 Å². The van der Waals surface area contributed by atoms with Gasteiger partial charge in [0.2, 0.25) is 0 Å². The Morgan fingerprint density at radius 1 is 1.10 bits per heavy atom. The van der Waals surface area contributed by atoms with Gasteiger partial charge in [0.05, 0.1) is 7.11 Å². The third-order valence-electron chi connectivity index (χ3n) is 3.12. The van der Waals surface area contributed by atoms with Crippen molar-refractivity contribution < 1.29 is 9.15 Å². The van der Waals surface area contributed by atoms with Gasteiger partial charge in [-0.05, 0) is 40.3 Å². The molecule has 0 amide bonds. The van der Waals surface area contributed by atoms with Gasteiger partial charge < -0.3 is 9.15 Å². The van der Waals surface area contributed by atoms with Crippen molar-refractivity contribution in [1.29, 1.82) is 0 Å². The van der Waals surface area contributed by atoms with E-state index in [1.165, 1.54) is 0 Å². The fourth-order valence-electron chi connectivity index (χ4n) is 2.17. The van der Waals surface area contributed by atoms with Gasteiger partial charge in [0.25, 0.3) is 0 Å². The minimum atomic E-state index is -0.329. The number of fused-ring (bicyclic) bond motifs is 1. The molecule has 0 aliphatic carbocycles. The first-order chi connectivity index (χ1) is 9.70. The van der Waals surface area contributed by atoms with Crippen molar-refractivity contribution in [2.75, 3.05) is 7.11 Å². The van der Waals surface area contributed by atoms with E-state index in [4.69, 9.17) is 9.15 Å². The van der Waals surface area contributed by atoms with Crippen molar-refractivity contribution >= 4 is 33.6 Å². The number of methoxy groups -OCH3 is 1. The predicted molar refractivity (Wildman–Crippen MR) is 87.2 cm³/mol. The second-order valence-electron chi connectivity index (χ2n) is 4.31. The molecule has 0 aliphatic heterocycles. The first-order valence-corrected chi connectivity index (χ1v) is 7.14. The van der Waals surface area contributed by atoms with Gasteiger partial charge in [-0.25, -0.2) is 4.79 Å². The lowest BCUT2D eigenvalue weighted by Gasteiger charge is -2.09. The molecule has 1 aromatic heterocycles. The highest BCUT2D eigenvalue weighted by Gasteiger charge is 2.14. The van der Waals surface area contributed by atoms with Gasteiger partial charge in [-0.15, -0.1) is 0 Å². The molecule has 0 radical (unpaired) electrons. The van der Waals surface area contributed by atoms with Crippen LogP contribution in [0.15, 0.2) is 57.7 Å². The quantitative estimate of drug-likeness (QED) is 0.499. The summed E-state index contributed by atoms with van der Waals surface area (Å²) in [5.74, 6) is 0.667. The van der Waals surface area contributed by atoms with Crippen molar-refractivity contribution in [2.24, 2.45) is 0 Å². The van der Waals surface area contributed by atoms with Crippen molar-refractivity contribution in [3.8, 4) is 16.9 Å². The third-order valence-corrected chi connectivity index (χ3v) is 4.10. The molecule has 3 nitrogen and oxygen atoms in total. The first-order valence-electron chi connectivity index (χ1n) is 6.06. The summed E-state index contributed by atoms with van der Waals surface area (Å²) in [7, 11) is 1.59. The third kappa shape index (κ3) is 2.20. The maximum atomic E-state index is 12.0. The summed E-state index contributed by atoms with van der Waals surface area (Å²) in [4.78, 5) is 12.0. The number of hydrogen-bond acceptors (Lipinski definition) is 3. The average molecular weight is 378 g/mol. The average Bonchev–Trinajstić information content (AvgIpc) is 2.49. The molecule has 3 aromatic rings. The maximum absolute atomic E-state index is 12.0. The Hall–Kier alpha value is -1.82. The monoisotopic (exact) mass is 378 g/mol. The summed E-state index contributed by atoms with van der Waals surface area (Å²) in [6, 6.07) is 15.4. The van der Waals surface area contributed by atoms with E-state index in [0.29, 0.717) is 14.9 Å². The van der Waals surface area contributed by atoms with E-state index >= 15 is 0 Å². The molecule has 0 aliphatic rings. The lowest BCUT2D eigenvalue weighted by molar-refractivity contribution is 0.414. The van der Waals surface area contributed by atoms with Gasteiger partial charge in [0.15, 0.2) is 0 Å². The summed E-state index contributed by atoms with van der Waals surface area (Å²) in [5, 5.41) is 0.904. The first kappa shape index (κ1) is 13.2. The van der Waals surface area contributed by atoms with E-state index in [1.54, 1.807) is 13.2 Å². The largest absolute Gasteiger partial charge is 0.497 e. The van der Waals surface area contributed by atoms with Crippen molar-refractivity contribution in [3.63, 3.8) is 0 Å². The van der Waals surface area contributed by atoms with Gasteiger partial charge in [-0.1, -0.05) is 30.3 Å². The maximum Gasteiger partial charge on any atom is 0.350 e. The summed E-state index contributed by atoms with van der Waals surface area (Å²) >= 11 is 2.04. The van der Waals surface area contributed by atoms with Crippen LogP contribution < -0.4 is 10.4 Å². The molecule has 0 bridgehead atoms. The Labute approximate surface area is 129 Å². The van der Waals surface area contributed by atoms with Crippen molar-refractivity contribution in [2.45, 2.75) is 0 Å². The minimum absolute atomic E-state index is 0.329. The van der Waals surface area contributed by atoms with E-state index in [9.17, 15) is 4.79 Å². The van der Waals surface area contributed by atoms with Crippen LogP contribution in [0.4, 0.5) is 0 Å². The van der Waals surface area contributed by atoms with Crippen molar-refractivity contribution in [1.82, 2.24) is 0 Å². The van der Waals surface area contributed by atoms with E-state index in [2.05, 4.69) is 0 Å². The fraction of sp³-hybridized carbons (Fsp3) is 0.0625. The zero-order valence-corrected chi connectivity index (χ0v) is 12.9. The lowest BCUT2D eigenvalue weighted by Crippen LogP contribution is -2.05. The van der Waals surface area contributed by atoms with Crippen LogP contribution in [0.5, 0.6) is 5.75 Å². The fourth-order valence-corrected chi connectivity index (χ4v) is 2.88. The topological polar surface area (TPSA) is 39.4 Å². The van der Waals surface area contributed by atoms with E-state index in [-0.39, 0.29) is 5.63 Å². The van der Waals surface area contributed by atoms with E-state index in [0.717, 1.165) is 16.5 Å². The van der Waals surface area contributed by atoms with Gasteiger partial charge >= 0.3 is 5.63 Å². The number of hydrogen-bond donors (Lipinski definition) is 0. The van der Waals surface area contributed by atoms with E-state index in [1.807, 2.05) is 65.1 Å². The van der Waals surface area contributed by atoms with Crippen LogP contribution in [0.25, 0.3) is 22.1 Å². The molecule has 0 N–H and O–H groups in total. The molecule has 0 saturated carbocycles. The second-order valence-corrected chi connectivity index (χ2v) is 5.39. The number of ether oxygens (including phenoxy) is 1. The second kappa shape index (κ2) is 5.28. The normalized spacial score (nSPS) is 10.7. The zero-order valence-electron chi connectivity index (χ0n) is 10.7. The van der Waals surface area contributed by atoms with Crippen LogP contribution >= 0.6 is 22.6 Å². The SMILES string of the molecule is COc1ccc2c(-c3ccccc3)c(I)c(=O)oc2c1. The van der Waals surface area contributed by atoms with Crippen LogP contribution in [0.2, 0.25) is 0 Å². The Morgan fingerprint density at radius 3 is 2.55 bits per heavy atom. The zero-order chi connectivity index (χ0) is 14.1. The van der Waals surface area contributed by atoms with Crippen molar-refractivity contribution in [3.05, 3.63) is 62.5 Å². The van der Waals surface area contributed by atoms with Crippen LogP contribution in [0.1, 0.15) is 0 Å². The Balaban J connectivity index is 2.41. The van der Waals surface area contributed by atoms with Crippen LogP contribution in [-0.4, -0.2) is 7.11 Å². The molecule has 2 aromatic carbocycles. The van der Waals surface area contributed by atoms with E-state index < -0.39 is 0 Å². The van der Waals surface area contributed by atoms with Crippen LogP contribution in [0.3, 0.4) is 0 Å². The molecule has 100 valence electrons. The number of halogens is 1. The van der Waals surface area contributed by atoms with Crippen LogP contribution in [-0.2, 0) is 0 Å². The molecule has 0 unspecified atom stereocenters. The molecule has 3 rings (SSSR count). The molecule has 0 saturated heterocycles. The standard InChI is InChI=1S/C16H11IO3/c1-19-11-7-8-12-13(9-11)20-16(18)15(17)14(12)10-5-3-2-4-6-10/h2-9H,1H3. The summed E-state index contributed by atoms with van der Waals surface area (Å²) < 4.78 is 11.1. The Kier molecular flexibility index (Phi) is 3.48. The predicted octanol–water partition coefficient (Wildman–Crippen LogP) is 4.07. The Morgan fingerprint density at radius 2 is 1.85 bits per heavy atom. The summed E-state index contributed by atoms with van der Waals surface area (Å²) in [6.07, 6.45) is 0. The van der Waals surface area contributed by atoms with Crippen LogP contribution in [0, 0.1) is 3.57 Å². The minimum Gasteiger partial charge on any atom is -0.497 e. The Bertz CT molecular complexity index is 822. The van der Waals surface area contributed by atoms with Gasteiger partial charge in [0, 0.05) is 17.0 Å². The highest BCUT2D eigenvalue weighted by Crippen LogP contribution is 2.32. The molecule has 4 heteroatoms. The molecular weight excluding hydrogens is 367 g/mol. The number of benzene rings is 2. The molecular formula is C16H11IO3. The smallest absolute Gasteiger partial charge is 0.350 e. The number of rotatable bonds is 2. The molecule has 20 heavy (non-hydrogen) atoms. The molecule has 0 atom stereocenters. The van der Waals surface area contributed by atoms with Gasteiger partial charge in [0.1, 0.15) is 14.9 Å². The molecule has 0 fully saturated rings. The highest BCUT2D eigenvalue weighted by molar-refractivity contribution is 14.1. The summed E-state index contributed by atoms with van der Waals surface area (Å²) in [6.45, 7) is 0. The molecule has 1 heterocycles. The molecule has 0 spiro atoms. The summed E-state index contributed by atoms with van der Waals surface area (Å²) in [5.41, 5.74) is 2.11.